The number of hydrogen-bond donors (Lipinski definition) is 2. The lowest BCUT2D eigenvalue weighted by Gasteiger charge is -2.36. The molecule has 0 radical (unpaired) electrons. The van der Waals surface area contributed by atoms with E-state index in [4.69, 9.17) is 21.5 Å². The van der Waals surface area contributed by atoms with Crippen LogP contribution in [0.2, 0.25) is 5.02 Å². The number of nitrogens with two attached hydrogens (primary N) is 1. The van der Waals surface area contributed by atoms with Gasteiger partial charge in [0.1, 0.15) is 10.6 Å². The minimum Gasteiger partial charge on any atom is -0.495 e. The van der Waals surface area contributed by atoms with Crippen LogP contribution in [0.15, 0.2) is 47.4 Å². The van der Waals surface area contributed by atoms with Crippen LogP contribution in [0.1, 0.15) is 10.4 Å². The van der Waals surface area contributed by atoms with E-state index >= 15 is 0 Å². The Morgan fingerprint density at radius 3 is 2.46 bits per heavy atom. The van der Waals surface area contributed by atoms with Crippen LogP contribution in [-0.2, 0) is 10.0 Å². The van der Waals surface area contributed by atoms with Gasteiger partial charge in [0.25, 0.3) is 5.91 Å². The van der Waals surface area contributed by atoms with Crippen LogP contribution in [0.5, 0.6) is 5.75 Å². The molecule has 28 heavy (non-hydrogen) atoms. The van der Waals surface area contributed by atoms with Crippen molar-refractivity contribution in [1.82, 2.24) is 10.4 Å². The number of hydrazine groups is 1. The third kappa shape index (κ3) is 4.56. The molecular formula is C18H21ClN4O4S. The molecule has 0 unspecified atom stereocenters. The highest BCUT2D eigenvalue weighted by Gasteiger charge is 2.22. The number of benzene rings is 2. The van der Waals surface area contributed by atoms with Crippen LogP contribution in [-0.4, -0.2) is 52.6 Å². The highest BCUT2D eigenvalue weighted by molar-refractivity contribution is 7.89. The van der Waals surface area contributed by atoms with Gasteiger partial charge >= 0.3 is 0 Å². The lowest BCUT2D eigenvalue weighted by atomic mass is 10.2. The van der Waals surface area contributed by atoms with Crippen molar-refractivity contribution in [2.45, 2.75) is 4.90 Å². The van der Waals surface area contributed by atoms with E-state index in [1.165, 1.54) is 18.2 Å². The number of carbonyl (C=O) groups excluding carboxylic acids is 1. The molecule has 0 aromatic heterocycles. The van der Waals surface area contributed by atoms with Gasteiger partial charge in [0.05, 0.1) is 17.8 Å². The number of amides is 1. The van der Waals surface area contributed by atoms with E-state index in [0.29, 0.717) is 26.2 Å². The molecule has 3 N–H and O–H groups in total. The van der Waals surface area contributed by atoms with Gasteiger partial charge in [-0.3, -0.25) is 10.2 Å². The predicted molar refractivity (Wildman–Crippen MR) is 107 cm³/mol. The molecule has 150 valence electrons. The summed E-state index contributed by atoms with van der Waals surface area (Å²) in [6.45, 7) is 2.59. The zero-order valence-corrected chi connectivity index (χ0v) is 16.8. The van der Waals surface area contributed by atoms with Gasteiger partial charge in [-0.1, -0.05) is 23.7 Å². The van der Waals surface area contributed by atoms with Gasteiger partial charge in [0, 0.05) is 31.7 Å². The summed E-state index contributed by atoms with van der Waals surface area (Å²) in [5.41, 5.74) is 3.96. The average Bonchev–Trinajstić information content (AvgIpc) is 2.68. The Morgan fingerprint density at radius 2 is 1.82 bits per heavy atom. The molecule has 0 spiro atoms. The topological polar surface area (TPSA) is 105 Å². The number of nitrogens with zero attached hydrogens (tertiary/aromatic N) is 2. The fraction of sp³-hybridized carbons (Fsp3) is 0.278. The number of rotatable bonds is 5. The molecule has 1 aliphatic rings. The zero-order valence-electron chi connectivity index (χ0n) is 15.3. The monoisotopic (exact) mass is 424 g/mol. The minimum atomic E-state index is -4.01. The van der Waals surface area contributed by atoms with Crippen LogP contribution in [0.25, 0.3) is 0 Å². The van der Waals surface area contributed by atoms with Gasteiger partial charge in [0.15, 0.2) is 0 Å². The Balaban J connectivity index is 1.64. The highest BCUT2D eigenvalue weighted by Crippen LogP contribution is 2.28. The quantitative estimate of drug-likeness (QED) is 0.752. The van der Waals surface area contributed by atoms with Crippen molar-refractivity contribution in [2.24, 2.45) is 5.14 Å². The molecule has 1 saturated heterocycles. The molecule has 0 atom stereocenters. The van der Waals surface area contributed by atoms with Crippen molar-refractivity contribution in [3.63, 3.8) is 0 Å². The Bertz CT molecular complexity index is 975. The summed E-state index contributed by atoms with van der Waals surface area (Å²) in [7, 11) is -2.38. The van der Waals surface area contributed by atoms with E-state index in [1.54, 1.807) is 12.1 Å². The second-order valence-electron chi connectivity index (χ2n) is 6.28. The number of carbonyl (C=O) groups is 1. The first-order valence-electron chi connectivity index (χ1n) is 8.56. The summed E-state index contributed by atoms with van der Waals surface area (Å²) in [4.78, 5) is 14.4. The molecule has 1 fully saturated rings. The third-order valence-corrected chi connectivity index (χ3v) is 5.86. The molecule has 0 aliphatic carbocycles. The van der Waals surface area contributed by atoms with E-state index in [1.807, 2.05) is 24.3 Å². The molecule has 3 rings (SSSR count). The van der Waals surface area contributed by atoms with Gasteiger partial charge in [-0.2, -0.15) is 0 Å². The number of halogens is 1. The fourth-order valence-electron chi connectivity index (χ4n) is 3.02. The van der Waals surface area contributed by atoms with E-state index in [0.717, 1.165) is 11.4 Å². The second-order valence-corrected chi connectivity index (χ2v) is 8.21. The van der Waals surface area contributed by atoms with E-state index in [-0.39, 0.29) is 15.5 Å². The third-order valence-electron chi connectivity index (χ3n) is 4.47. The molecule has 1 aliphatic heterocycles. The van der Waals surface area contributed by atoms with Crippen LogP contribution in [0.4, 0.5) is 5.69 Å². The number of methoxy groups -OCH3 is 1. The highest BCUT2D eigenvalue weighted by atomic mass is 35.5. The predicted octanol–water partition coefficient (Wildman–Crippen LogP) is 1.46. The number of sulfonamides is 1. The Hall–Kier alpha value is -2.33. The average molecular weight is 425 g/mol. The first-order valence-corrected chi connectivity index (χ1v) is 10.5. The zero-order chi connectivity index (χ0) is 20.3. The van der Waals surface area contributed by atoms with E-state index < -0.39 is 15.9 Å². The number of primary sulfonamides is 1. The summed E-state index contributed by atoms with van der Waals surface area (Å²) in [6, 6.07) is 11.8. The standard InChI is InChI=1S/C18H21ClN4O4S/c1-27-16-5-3-2-4-15(16)22-8-10-23(11-9-22)21-18(24)13-6-7-14(19)17(12-13)28(20,25)26/h2-7,12H,8-11H2,1H3,(H,21,24)(H2,20,25,26). The number of hydrogen-bond acceptors (Lipinski definition) is 6. The summed E-state index contributed by atoms with van der Waals surface area (Å²) < 4.78 is 28.6. The van der Waals surface area contributed by atoms with Crippen LogP contribution >= 0.6 is 11.6 Å². The van der Waals surface area contributed by atoms with Crippen molar-refractivity contribution in [3.05, 3.63) is 53.1 Å². The molecule has 0 bridgehead atoms. The van der Waals surface area contributed by atoms with Crippen LogP contribution in [0.3, 0.4) is 0 Å². The summed E-state index contributed by atoms with van der Waals surface area (Å²) in [5, 5.41) is 6.90. The fourth-order valence-corrected chi connectivity index (χ4v) is 4.09. The van der Waals surface area contributed by atoms with Crippen molar-refractivity contribution in [2.75, 3.05) is 38.2 Å². The molecule has 0 saturated carbocycles. The SMILES string of the molecule is COc1ccccc1N1CCN(NC(=O)c2ccc(Cl)c(S(N)(=O)=O)c2)CC1. The lowest BCUT2D eigenvalue weighted by Crippen LogP contribution is -2.53. The van der Waals surface area contributed by atoms with Crippen LogP contribution in [0, 0.1) is 0 Å². The summed E-state index contributed by atoms with van der Waals surface area (Å²) in [6.07, 6.45) is 0. The van der Waals surface area contributed by atoms with Gasteiger partial charge in [0.2, 0.25) is 10.0 Å². The Kier molecular flexibility index (Phi) is 6.09. The number of anilines is 1. The molecule has 8 nitrogen and oxygen atoms in total. The van der Waals surface area contributed by atoms with Crippen molar-refractivity contribution in [1.29, 1.82) is 0 Å². The summed E-state index contributed by atoms with van der Waals surface area (Å²) >= 11 is 5.86. The van der Waals surface area contributed by atoms with Gasteiger partial charge in [-0.05, 0) is 30.3 Å². The first-order chi connectivity index (χ1) is 13.3. The molecule has 2 aromatic rings. The largest absolute Gasteiger partial charge is 0.495 e. The van der Waals surface area contributed by atoms with Crippen LogP contribution < -0.4 is 20.2 Å². The molecule has 2 aromatic carbocycles. The maximum absolute atomic E-state index is 12.5. The van der Waals surface area contributed by atoms with E-state index in [9.17, 15) is 13.2 Å². The van der Waals surface area contributed by atoms with Gasteiger partial charge in [-0.15, -0.1) is 0 Å². The second kappa shape index (κ2) is 8.36. The molecule has 1 heterocycles. The molecule has 10 heteroatoms. The molecule has 1 amide bonds. The number of nitrogens with one attached hydrogen (secondary N) is 1. The van der Waals surface area contributed by atoms with Crippen molar-refractivity contribution >= 4 is 33.2 Å². The number of ether oxygens (including phenoxy) is 1. The Morgan fingerprint density at radius 1 is 1.14 bits per heavy atom. The summed E-state index contributed by atoms with van der Waals surface area (Å²) in [5.74, 6) is 0.379. The minimum absolute atomic E-state index is 0.0236. The maximum Gasteiger partial charge on any atom is 0.265 e. The lowest BCUT2D eigenvalue weighted by molar-refractivity contribution is 0.0777. The van der Waals surface area contributed by atoms with Crippen molar-refractivity contribution < 1.29 is 17.9 Å². The number of piperazine rings is 1. The normalized spacial score (nSPS) is 15.3. The maximum atomic E-state index is 12.5. The number of para-hydroxylation sites is 2. The Labute approximate surface area is 168 Å². The van der Waals surface area contributed by atoms with E-state index in [2.05, 4.69) is 10.3 Å². The van der Waals surface area contributed by atoms with Gasteiger partial charge in [-0.25, -0.2) is 18.6 Å². The smallest absolute Gasteiger partial charge is 0.265 e. The first kappa shape index (κ1) is 20.4. The molecular weight excluding hydrogens is 404 g/mol. The van der Waals surface area contributed by atoms with Gasteiger partial charge < -0.3 is 9.64 Å². The van der Waals surface area contributed by atoms with Crippen molar-refractivity contribution in [3.8, 4) is 5.75 Å².